The minimum Gasteiger partial charge on any atom is -0.489 e. The first-order chi connectivity index (χ1) is 11.1. The Balaban J connectivity index is 1.67. The van der Waals surface area contributed by atoms with Gasteiger partial charge in [0.25, 0.3) is 5.91 Å². The van der Waals surface area contributed by atoms with Gasteiger partial charge in [0.2, 0.25) is 0 Å². The summed E-state index contributed by atoms with van der Waals surface area (Å²) in [6.07, 6.45) is 6.39. The number of amides is 1. The number of ether oxygens (including phenoxy) is 1. The number of nitrogens with zero attached hydrogens (tertiary/aromatic N) is 1. The highest BCUT2D eigenvalue weighted by Crippen LogP contribution is 2.31. The molecule has 1 heterocycles. The van der Waals surface area contributed by atoms with Crippen molar-refractivity contribution in [2.24, 2.45) is 0 Å². The van der Waals surface area contributed by atoms with Crippen LogP contribution in [-0.2, 0) is 0 Å². The molecule has 0 aliphatic heterocycles. The Morgan fingerprint density at radius 2 is 2.04 bits per heavy atom. The first kappa shape index (κ1) is 15.8. The van der Waals surface area contributed by atoms with Gasteiger partial charge in [-0.1, -0.05) is 11.6 Å². The molecule has 5 heteroatoms. The Labute approximate surface area is 140 Å². The molecule has 120 valence electrons. The molecule has 23 heavy (non-hydrogen) atoms. The minimum atomic E-state index is -0.210. The summed E-state index contributed by atoms with van der Waals surface area (Å²) in [4.78, 5) is 16.3. The average molecular weight is 331 g/mol. The van der Waals surface area contributed by atoms with Crippen LogP contribution in [0.1, 0.15) is 41.7 Å². The van der Waals surface area contributed by atoms with E-state index < -0.39 is 0 Å². The summed E-state index contributed by atoms with van der Waals surface area (Å²) >= 11 is 6.27. The van der Waals surface area contributed by atoms with Crippen molar-refractivity contribution >= 4 is 23.2 Å². The third kappa shape index (κ3) is 4.02. The zero-order chi connectivity index (χ0) is 16.2. The summed E-state index contributed by atoms with van der Waals surface area (Å²) in [5.41, 5.74) is 2.02. The molecule has 0 unspecified atom stereocenters. The third-order valence-corrected chi connectivity index (χ3v) is 4.25. The van der Waals surface area contributed by atoms with Crippen LogP contribution in [0.15, 0.2) is 36.5 Å². The van der Waals surface area contributed by atoms with E-state index in [9.17, 15) is 4.79 Å². The fourth-order valence-electron chi connectivity index (χ4n) is 2.67. The van der Waals surface area contributed by atoms with Gasteiger partial charge < -0.3 is 10.1 Å². The Bertz CT molecular complexity index is 695. The quantitative estimate of drug-likeness (QED) is 0.890. The normalized spacial score (nSPS) is 14.7. The van der Waals surface area contributed by atoms with Crippen LogP contribution in [0.3, 0.4) is 0 Å². The van der Waals surface area contributed by atoms with Crippen molar-refractivity contribution in [2.75, 3.05) is 5.32 Å². The van der Waals surface area contributed by atoms with Gasteiger partial charge in [-0.05, 0) is 62.9 Å². The Morgan fingerprint density at radius 1 is 1.26 bits per heavy atom. The summed E-state index contributed by atoms with van der Waals surface area (Å²) in [6, 6.07) is 8.88. The van der Waals surface area contributed by atoms with Crippen LogP contribution >= 0.6 is 11.6 Å². The molecule has 4 nitrogen and oxygen atoms in total. The summed E-state index contributed by atoms with van der Waals surface area (Å²) < 4.78 is 5.91. The number of anilines is 1. The van der Waals surface area contributed by atoms with Gasteiger partial charge in [-0.25, -0.2) is 0 Å². The molecule has 1 amide bonds. The number of benzene rings is 1. The summed E-state index contributed by atoms with van der Waals surface area (Å²) in [7, 11) is 0. The molecule has 3 rings (SSSR count). The molecular formula is C18H19ClN2O2. The summed E-state index contributed by atoms with van der Waals surface area (Å²) in [5.74, 6) is 0.464. The largest absolute Gasteiger partial charge is 0.489 e. The van der Waals surface area contributed by atoms with Gasteiger partial charge in [-0.3, -0.25) is 9.78 Å². The number of carbonyl (C=O) groups excluding carboxylic acids is 1. The number of rotatable bonds is 4. The van der Waals surface area contributed by atoms with Crippen molar-refractivity contribution in [1.82, 2.24) is 4.98 Å². The maximum atomic E-state index is 12.2. The highest BCUT2D eigenvalue weighted by Gasteiger charge is 2.18. The summed E-state index contributed by atoms with van der Waals surface area (Å²) in [5, 5.41) is 3.33. The zero-order valence-corrected chi connectivity index (χ0v) is 13.8. The number of hydrogen-bond donors (Lipinski definition) is 1. The van der Waals surface area contributed by atoms with Crippen LogP contribution in [0.5, 0.6) is 5.75 Å². The molecule has 1 aromatic heterocycles. The van der Waals surface area contributed by atoms with Crippen LogP contribution in [-0.4, -0.2) is 17.0 Å². The number of aromatic nitrogens is 1. The lowest BCUT2D eigenvalue weighted by Gasteiger charge is -2.15. The van der Waals surface area contributed by atoms with Crippen molar-refractivity contribution in [3.8, 4) is 5.75 Å². The van der Waals surface area contributed by atoms with Crippen molar-refractivity contribution in [1.29, 1.82) is 0 Å². The Kier molecular flexibility index (Phi) is 4.82. The molecule has 0 radical (unpaired) electrons. The second-order valence-electron chi connectivity index (χ2n) is 5.81. The monoisotopic (exact) mass is 330 g/mol. The van der Waals surface area contributed by atoms with Gasteiger partial charge in [-0.2, -0.15) is 0 Å². The first-order valence-corrected chi connectivity index (χ1v) is 8.20. The second-order valence-corrected chi connectivity index (χ2v) is 6.22. The van der Waals surface area contributed by atoms with E-state index in [1.165, 1.54) is 12.8 Å². The molecule has 0 saturated heterocycles. The molecule has 1 N–H and O–H groups in total. The molecular weight excluding hydrogens is 312 g/mol. The maximum absolute atomic E-state index is 12.2. The van der Waals surface area contributed by atoms with Crippen LogP contribution in [0.25, 0.3) is 0 Å². The van der Waals surface area contributed by atoms with Crippen LogP contribution in [0, 0.1) is 6.92 Å². The summed E-state index contributed by atoms with van der Waals surface area (Å²) in [6.45, 7) is 1.88. The Morgan fingerprint density at radius 3 is 2.70 bits per heavy atom. The van der Waals surface area contributed by atoms with Gasteiger partial charge in [0, 0.05) is 17.6 Å². The molecule has 1 fully saturated rings. The van der Waals surface area contributed by atoms with Gasteiger partial charge in [0.05, 0.1) is 16.7 Å². The van der Waals surface area contributed by atoms with Gasteiger partial charge in [0.1, 0.15) is 5.75 Å². The van der Waals surface area contributed by atoms with E-state index in [2.05, 4.69) is 10.3 Å². The van der Waals surface area contributed by atoms with Crippen LogP contribution in [0.2, 0.25) is 5.02 Å². The van der Waals surface area contributed by atoms with E-state index in [-0.39, 0.29) is 12.0 Å². The van der Waals surface area contributed by atoms with E-state index in [4.69, 9.17) is 16.3 Å². The number of hydrogen-bond acceptors (Lipinski definition) is 3. The van der Waals surface area contributed by atoms with Gasteiger partial charge >= 0.3 is 0 Å². The zero-order valence-electron chi connectivity index (χ0n) is 13.0. The smallest absolute Gasteiger partial charge is 0.257 e. The lowest BCUT2D eigenvalue weighted by atomic mass is 10.2. The van der Waals surface area contributed by atoms with Crippen molar-refractivity contribution in [3.63, 3.8) is 0 Å². The lowest BCUT2D eigenvalue weighted by molar-refractivity contribution is 0.102. The highest BCUT2D eigenvalue weighted by atomic mass is 35.5. The van der Waals surface area contributed by atoms with E-state index in [0.717, 1.165) is 18.5 Å². The van der Waals surface area contributed by atoms with E-state index >= 15 is 0 Å². The predicted molar refractivity (Wildman–Crippen MR) is 91.3 cm³/mol. The van der Waals surface area contributed by atoms with Crippen LogP contribution in [0.4, 0.5) is 5.69 Å². The minimum absolute atomic E-state index is 0.210. The molecule has 0 spiro atoms. The highest BCUT2D eigenvalue weighted by molar-refractivity contribution is 6.32. The number of carbonyl (C=O) groups is 1. The number of pyridine rings is 1. The molecule has 1 saturated carbocycles. The topological polar surface area (TPSA) is 51.2 Å². The third-order valence-electron chi connectivity index (χ3n) is 3.96. The van der Waals surface area contributed by atoms with Crippen molar-refractivity contribution in [2.45, 2.75) is 38.7 Å². The van der Waals surface area contributed by atoms with E-state index in [1.54, 1.807) is 30.5 Å². The lowest BCUT2D eigenvalue weighted by Crippen LogP contribution is -2.13. The standard InChI is InChI=1S/C18H19ClN2O2/c1-12-6-7-13(11-20-12)18(22)21-14-8-9-17(16(19)10-14)23-15-4-2-3-5-15/h6-11,15H,2-5H2,1H3,(H,21,22). The number of aryl methyl sites for hydroxylation is 1. The number of nitrogens with one attached hydrogen (secondary N) is 1. The first-order valence-electron chi connectivity index (χ1n) is 7.82. The molecule has 1 aliphatic carbocycles. The Hall–Kier alpha value is -2.07. The van der Waals surface area contributed by atoms with Crippen molar-refractivity contribution in [3.05, 3.63) is 52.8 Å². The fourth-order valence-corrected chi connectivity index (χ4v) is 2.89. The molecule has 0 bridgehead atoms. The molecule has 2 aromatic rings. The van der Waals surface area contributed by atoms with E-state index in [0.29, 0.717) is 22.0 Å². The van der Waals surface area contributed by atoms with Gasteiger partial charge in [0.15, 0.2) is 0 Å². The fraction of sp³-hybridized carbons (Fsp3) is 0.333. The molecule has 1 aliphatic rings. The SMILES string of the molecule is Cc1ccc(C(=O)Nc2ccc(OC3CCCC3)c(Cl)c2)cn1. The molecule has 1 aromatic carbocycles. The average Bonchev–Trinajstić information content (AvgIpc) is 3.04. The second kappa shape index (κ2) is 7.01. The van der Waals surface area contributed by atoms with E-state index in [1.807, 2.05) is 13.0 Å². The van der Waals surface area contributed by atoms with Gasteiger partial charge in [-0.15, -0.1) is 0 Å². The number of halogens is 1. The maximum Gasteiger partial charge on any atom is 0.257 e. The molecule has 0 atom stereocenters. The predicted octanol–water partition coefficient (Wildman–Crippen LogP) is 4.62. The van der Waals surface area contributed by atoms with Crippen molar-refractivity contribution < 1.29 is 9.53 Å². The van der Waals surface area contributed by atoms with Crippen LogP contribution < -0.4 is 10.1 Å².